The minimum absolute atomic E-state index is 0.0499. The van der Waals surface area contributed by atoms with Crippen LogP contribution < -0.4 is 5.56 Å². The number of carbonyl (C=O) groups is 2. The minimum Gasteiger partial charge on any atom is -0.457 e. The summed E-state index contributed by atoms with van der Waals surface area (Å²) < 4.78 is 5.08. The molecular weight excluding hydrogens is 344 g/mol. The van der Waals surface area contributed by atoms with Crippen LogP contribution in [0, 0.1) is 39.0 Å². The van der Waals surface area contributed by atoms with E-state index >= 15 is 0 Å². The number of nitrogens with one attached hydrogen (secondary N) is 1. The molecule has 0 unspecified atom stereocenters. The number of nitrogens with zero attached hydrogens (tertiary/aromatic N) is 1. The number of benzene rings is 1. The Kier molecular flexibility index (Phi) is 6.30. The molecule has 0 bridgehead atoms. The summed E-state index contributed by atoms with van der Waals surface area (Å²) >= 11 is 0. The number of ether oxygens (including phenoxy) is 1. The van der Waals surface area contributed by atoms with E-state index in [1.54, 1.807) is 26.0 Å². The smallest absolute Gasteiger partial charge is 0.306 e. The van der Waals surface area contributed by atoms with Crippen LogP contribution in [0.25, 0.3) is 0 Å². The second-order valence-corrected chi connectivity index (χ2v) is 6.55. The van der Waals surface area contributed by atoms with Gasteiger partial charge < -0.3 is 9.72 Å². The Morgan fingerprint density at radius 1 is 1.15 bits per heavy atom. The van der Waals surface area contributed by atoms with Gasteiger partial charge in [0.2, 0.25) is 0 Å². The molecule has 0 saturated carbocycles. The summed E-state index contributed by atoms with van der Waals surface area (Å²) in [6.07, 6.45) is 0.374. The van der Waals surface area contributed by atoms with Crippen molar-refractivity contribution in [3.63, 3.8) is 0 Å². The van der Waals surface area contributed by atoms with Crippen LogP contribution in [-0.4, -0.2) is 23.3 Å². The van der Waals surface area contributed by atoms with Crippen molar-refractivity contribution in [2.24, 2.45) is 0 Å². The van der Waals surface area contributed by atoms with Gasteiger partial charge in [0.15, 0.2) is 12.4 Å². The fraction of sp³-hybridized carbons (Fsp3) is 0.333. The molecule has 0 saturated heterocycles. The van der Waals surface area contributed by atoms with Gasteiger partial charge in [0.1, 0.15) is 11.6 Å². The molecular formula is C21H22N2O4. The van der Waals surface area contributed by atoms with E-state index in [9.17, 15) is 14.4 Å². The van der Waals surface area contributed by atoms with Crippen LogP contribution in [0.1, 0.15) is 50.3 Å². The van der Waals surface area contributed by atoms with Gasteiger partial charge in [-0.3, -0.25) is 14.4 Å². The molecule has 1 N–H and O–H groups in total. The molecule has 6 nitrogen and oxygen atoms in total. The molecule has 140 valence electrons. The number of hydrogen-bond acceptors (Lipinski definition) is 5. The second-order valence-electron chi connectivity index (χ2n) is 6.55. The molecule has 0 fully saturated rings. The lowest BCUT2D eigenvalue weighted by molar-refractivity contribution is -0.142. The summed E-state index contributed by atoms with van der Waals surface area (Å²) in [4.78, 5) is 38.5. The summed E-state index contributed by atoms with van der Waals surface area (Å²) in [5, 5.41) is 9.08. The largest absolute Gasteiger partial charge is 0.457 e. The highest BCUT2D eigenvalue weighted by Crippen LogP contribution is 2.15. The summed E-state index contributed by atoms with van der Waals surface area (Å²) in [6, 6.07) is 7.24. The van der Waals surface area contributed by atoms with Crippen molar-refractivity contribution in [3.8, 4) is 6.07 Å². The Labute approximate surface area is 157 Å². The number of Topliss-reactive ketones (excluding diaryl/α,β-unsaturated/α-hetero) is 1. The molecule has 0 spiro atoms. The molecule has 1 heterocycles. The van der Waals surface area contributed by atoms with Gasteiger partial charge in [-0.1, -0.05) is 12.1 Å². The van der Waals surface area contributed by atoms with E-state index in [0.29, 0.717) is 23.2 Å². The van der Waals surface area contributed by atoms with Crippen LogP contribution in [0.2, 0.25) is 0 Å². The van der Waals surface area contributed by atoms with Crippen LogP contribution >= 0.6 is 0 Å². The van der Waals surface area contributed by atoms with Crippen molar-refractivity contribution in [2.45, 2.75) is 40.5 Å². The lowest BCUT2D eigenvalue weighted by Gasteiger charge is -2.11. The van der Waals surface area contributed by atoms with E-state index in [4.69, 9.17) is 10.00 Å². The predicted octanol–water partition coefficient (Wildman–Crippen LogP) is 2.84. The molecule has 27 heavy (non-hydrogen) atoms. The van der Waals surface area contributed by atoms with Gasteiger partial charge in [-0.25, -0.2) is 0 Å². The number of nitriles is 1. The quantitative estimate of drug-likeness (QED) is 0.626. The molecule has 0 aliphatic carbocycles. The van der Waals surface area contributed by atoms with Crippen LogP contribution in [0.3, 0.4) is 0 Å². The van der Waals surface area contributed by atoms with Crippen LogP contribution in [0.15, 0.2) is 23.0 Å². The van der Waals surface area contributed by atoms with Crippen molar-refractivity contribution < 1.29 is 14.3 Å². The number of H-pyrrole nitrogens is 1. The first-order chi connectivity index (χ1) is 12.7. The zero-order valence-electron chi connectivity index (χ0n) is 15.9. The fourth-order valence-electron chi connectivity index (χ4n) is 2.86. The van der Waals surface area contributed by atoms with Gasteiger partial charge in [0.25, 0.3) is 5.56 Å². The maximum absolute atomic E-state index is 12.2. The summed E-state index contributed by atoms with van der Waals surface area (Å²) in [5.74, 6) is -0.759. The molecule has 0 aliphatic heterocycles. The summed E-state index contributed by atoms with van der Waals surface area (Å²) in [7, 11) is 0. The SMILES string of the molecule is Cc1ccc(C(=O)COC(=O)CCc2c(C)[nH]c(=O)c(C#N)c2C)cc1C. The number of aryl methyl sites for hydroxylation is 3. The summed E-state index contributed by atoms with van der Waals surface area (Å²) in [6.45, 7) is 6.98. The Morgan fingerprint density at radius 2 is 1.85 bits per heavy atom. The van der Waals surface area contributed by atoms with Crippen molar-refractivity contribution in [3.05, 3.63) is 67.6 Å². The Hall–Kier alpha value is -3.20. The predicted molar refractivity (Wildman–Crippen MR) is 101 cm³/mol. The molecule has 6 heteroatoms. The van der Waals surface area contributed by atoms with Gasteiger partial charge >= 0.3 is 5.97 Å². The monoisotopic (exact) mass is 366 g/mol. The van der Waals surface area contributed by atoms with Crippen LogP contribution in [-0.2, 0) is 16.0 Å². The van der Waals surface area contributed by atoms with Gasteiger partial charge in [0.05, 0.1) is 0 Å². The molecule has 1 aromatic carbocycles. The van der Waals surface area contributed by atoms with Crippen LogP contribution in [0.4, 0.5) is 0 Å². The Balaban J connectivity index is 1.97. The first-order valence-corrected chi connectivity index (χ1v) is 8.63. The highest BCUT2D eigenvalue weighted by molar-refractivity contribution is 5.98. The minimum atomic E-state index is -0.504. The Bertz CT molecular complexity index is 996. The van der Waals surface area contributed by atoms with E-state index in [1.165, 1.54) is 0 Å². The third-order valence-corrected chi connectivity index (χ3v) is 4.69. The first-order valence-electron chi connectivity index (χ1n) is 8.63. The van der Waals surface area contributed by atoms with Gasteiger partial charge in [-0.15, -0.1) is 0 Å². The van der Waals surface area contributed by atoms with Crippen molar-refractivity contribution in [2.75, 3.05) is 6.61 Å². The van der Waals surface area contributed by atoms with Gasteiger partial charge in [0, 0.05) is 17.7 Å². The zero-order valence-corrected chi connectivity index (χ0v) is 15.9. The molecule has 1 aromatic heterocycles. The zero-order chi connectivity index (χ0) is 20.1. The van der Waals surface area contributed by atoms with Gasteiger partial charge in [-0.2, -0.15) is 5.26 Å². The van der Waals surface area contributed by atoms with Crippen LogP contribution in [0.5, 0.6) is 0 Å². The van der Waals surface area contributed by atoms with E-state index < -0.39 is 11.5 Å². The summed E-state index contributed by atoms with van der Waals surface area (Å²) in [5.41, 5.74) is 4.15. The number of carbonyl (C=O) groups excluding carboxylic acids is 2. The molecule has 0 radical (unpaired) electrons. The fourth-order valence-corrected chi connectivity index (χ4v) is 2.86. The number of aromatic nitrogens is 1. The third kappa shape index (κ3) is 4.70. The second kappa shape index (κ2) is 8.45. The number of ketones is 1. The van der Waals surface area contributed by atoms with E-state index in [0.717, 1.165) is 16.7 Å². The molecule has 2 aromatic rings. The average molecular weight is 366 g/mol. The van der Waals surface area contributed by atoms with Crippen molar-refractivity contribution in [1.82, 2.24) is 4.98 Å². The van der Waals surface area contributed by atoms with E-state index in [1.807, 2.05) is 26.0 Å². The average Bonchev–Trinajstić information content (AvgIpc) is 2.61. The van der Waals surface area contributed by atoms with E-state index in [-0.39, 0.29) is 24.4 Å². The molecule has 0 amide bonds. The molecule has 2 rings (SSSR count). The number of aromatic amines is 1. The van der Waals surface area contributed by atoms with Crippen molar-refractivity contribution in [1.29, 1.82) is 5.26 Å². The lowest BCUT2D eigenvalue weighted by Crippen LogP contribution is -2.18. The normalized spacial score (nSPS) is 10.3. The number of rotatable bonds is 6. The highest BCUT2D eigenvalue weighted by Gasteiger charge is 2.15. The molecule has 0 aliphatic rings. The first kappa shape index (κ1) is 20.1. The Morgan fingerprint density at radius 3 is 2.48 bits per heavy atom. The van der Waals surface area contributed by atoms with E-state index in [2.05, 4.69) is 4.98 Å². The topological polar surface area (TPSA) is 100 Å². The maximum atomic E-state index is 12.2. The molecule has 0 atom stereocenters. The van der Waals surface area contributed by atoms with Crippen molar-refractivity contribution >= 4 is 11.8 Å². The lowest BCUT2D eigenvalue weighted by atomic mass is 9.99. The highest BCUT2D eigenvalue weighted by atomic mass is 16.5. The number of hydrogen-bond donors (Lipinski definition) is 1. The maximum Gasteiger partial charge on any atom is 0.306 e. The number of pyridine rings is 1. The number of esters is 1. The standard InChI is InChI=1S/C21H22N2O4/c1-12-5-6-16(9-13(12)2)19(24)11-27-20(25)8-7-17-14(3)18(10-22)21(26)23-15(17)4/h5-6,9H,7-8,11H2,1-4H3,(H,23,26). The third-order valence-electron chi connectivity index (χ3n) is 4.69. The van der Waals surface area contributed by atoms with Gasteiger partial charge in [-0.05, 0) is 62.4 Å².